The number of allylic oxidation sites excluding steroid dienone is 3. The van der Waals surface area contributed by atoms with Crippen LogP contribution in [0.4, 0.5) is 0 Å². The first-order valence-electron chi connectivity index (χ1n) is 6.95. The minimum absolute atomic E-state index is 0.459. The molecule has 2 atom stereocenters. The monoisotopic (exact) mass is 272 g/mol. The molecular formula is C18H24O2. The Morgan fingerprint density at radius 2 is 1.95 bits per heavy atom. The number of rotatable bonds is 7. The highest BCUT2D eigenvalue weighted by Crippen LogP contribution is 2.41. The zero-order valence-corrected chi connectivity index (χ0v) is 12.6. The van der Waals surface area contributed by atoms with Crippen molar-refractivity contribution in [3.05, 3.63) is 60.2 Å². The van der Waals surface area contributed by atoms with Gasteiger partial charge in [-0.05, 0) is 32.3 Å². The van der Waals surface area contributed by atoms with Gasteiger partial charge < -0.3 is 5.11 Å². The molecule has 1 N–H and O–H groups in total. The van der Waals surface area contributed by atoms with Gasteiger partial charge in [-0.25, -0.2) is 0 Å². The fraction of sp³-hybridized carbons (Fsp3) is 0.389. The first-order chi connectivity index (χ1) is 9.40. The summed E-state index contributed by atoms with van der Waals surface area (Å²) in [5, 5.41) is 9.64. The predicted molar refractivity (Wildman–Crippen MR) is 83.8 cm³/mol. The van der Waals surface area contributed by atoms with E-state index in [1.807, 2.05) is 37.3 Å². The number of benzene rings is 1. The standard InChI is InChI=1S/C18H24O2/c1-5-18(4,13-9-10-14(2)3)16(17(19)20)15-11-7-6-8-12-15/h5-8,10-12,16H,1,9,13H2,2-4H3,(H,19,20). The minimum Gasteiger partial charge on any atom is -0.481 e. The number of hydrogen-bond acceptors (Lipinski definition) is 1. The highest BCUT2D eigenvalue weighted by molar-refractivity contribution is 5.77. The van der Waals surface area contributed by atoms with Crippen LogP contribution in [-0.4, -0.2) is 11.1 Å². The molecule has 0 bridgehead atoms. The van der Waals surface area contributed by atoms with Gasteiger partial charge in [0.05, 0.1) is 5.92 Å². The molecule has 0 aromatic heterocycles. The fourth-order valence-electron chi connectivity index (χ4n) is 2.49. The largest absolute Gasteiger partial charge is 0.481 e. The van der Waals surface area contributed by atoms with Gasteiger partial charge in [-0.3, -0.25) is 4.79 Å². The van der Waals surface area contributed by atoms with Crippen molar-refractivity contribution in [3.63, 3.8) is 0 Å². The van der Waals surface area contributed by atoms with Gasteiger partial charge in [-0.2, -0.15) is 0 Å². The lowest BCUT2D eigenvalue weighted by atomic mass is 9.70. The number of hydrogen-bond donors (Lipinski definition) is 1. The van der Waals surface area contributed by atoms with Crippen LogP contribution >= 0.6 is 0 Å². The van der Waals surface area contributed by atoms with Crippen molar-refractivity contribution in [2.75, 3.05) is 0 Å². The van der Waals surface area contributed by atoms with E-state index < -0.39 is 17.3 Å². The smallest absolute Gasteiger partial charge is 0.311 e. The average molecular weight is 272 g/mol. The Balaban J connectivity index is 3.06. The Morgan fingerprint density at radius 3 is 2.40 bits per heavy atom. The summed E-state index contributed by atoms with van der Waals surface area (Å²) in [5.41, 5.74) is 1.63. The van der Waals surface area contributed by atoms with Crippen molar-refractivity contribution in [2.24, 2.45) is 5.41 Å². The molecule has 0 saturated carbocycles. The molecule has 1 aromatic carbocycles. The summed E-state index contributed by atoms with van der Waals surface area (Å²) in [6, 6.07) is 9.41. The molecule has 20 heavy (non-hydrogen) atoms. The van der Waals surface area contributed by atoms with E-state index in [-0.39, 0.29) is 0 Å². The molecule has 0 aliphatic carbocycles. The number of carboxylic acid groups (broad SMARTS) is 1. The second-order valence-electron chi connectivity index (χ2n) is 5.71. The van der Waals surface area contributed by atoms with Crippen LogP contribution < -0.4 is 0 Å². The Bertz CT molecular complexity index is 483. The molecule has 0 radical (unpaired) electrons. The van der Waals surface area contributed by atoms with Gasteiger partial charge >= 0.3 is 5.97 Å². The normalized spacial score (nSPS) is 14.9. The van der Waals surface area contributed by atoms with Crippen LogP contribution in [0.2, 0.25) is 0 Å². The Morgan fingerprint density at radius 1 is 1.35 bits per heavy atom. The minimum atomic E-state index is -0.796. The molecule has 2 heteroatoms. The van der Waals surface area contributed by atoms with Crippen molar-refractivity contribution in [2.45, 2.75) is 39.5 Å². The third-order valence-corrected chi connectivity index (χ3v) is 3.74. The molecule has 108 valence electrons. The van der Waals surface area contributed by atoms with Gasteiger partial charge in [0.1, 0.15) is 0 Å². The van der Waals surface area contributed by atoms with E-state index in [2.05, 4.69) is 26.5 Å². The summed E-state index contributed by atoms with van der Waals surface area (Å²) in [5.74, 6) is -1.36. The molecule has 0 heterocycles. The summed E-state index contributed by atoms with van der Waals surface area (Å²) in [6.07, 6.45) is 5.57. The van der Waals surface area contributed by atoms with Gasteiger partial charge in [-0.1, -0.05) is 55.0 Å². The molecule has 0 aliphatic heterocycles. The Hall–Kier alpha value is -1.83. The lowest BCUT2D eigenvalue weighted by Gasteiger charge is -2.32. The predicted octanol–water partition coefficient (Wildman–Crippen LogP) is 4.79. The van der Waals surface area contributed by atoms with E-state index >= 15 is 0 Å². The molecule has 2 unspecified atom stereocenters. The van der Waals surface area contributed by atoms with E-state index in [0.29, 0.717) is 0 Å². The van der Waals surface area contributed by atoms with E-state index in [9.17, 15) is 9.90 Å². The third-order valence-electron chi connectivity index (χ3n) is 3.74. The summed E-state index contributed by atoms with van der Waals surface area (Å²) in [7, 11) is 0. The molecule has 1 aromatic rings. The van der Waals surface area contributed by atoms with E-state index in [1.54, 1.807) is 6.08 Å². The quantitative estimate of drug-likeness (QED) is 0.724. The fourth-order valence-corrected chi connectivity index (χ4v) is 2.49. The van der Waals surface area contributed by atoms with Gasteiger partial charge in [-0.15, -0.1) is 6.58 Å². The Kier molecular flexibility index (Phi) is 5.75. The third kappa shape index (κ3) is 4.09. The van der Waals surface area contributed by atoms with Crippen molar-refractivity contribution < 1.29 is 9.90 Å². The number of carbonyl (C=O) groups is 1. The Labute approximate surface area is 121 Å². The zero-order chi connectivity index (χ0) is 15.2. The second-order valence-corrected chi connectivity index (χ2v) is 5.71. The highest BCUT2D eigenvalue weighted by Gasteiger charge is 2.37. The molecule has 0 spiro atoms. The SMILES string of the molecule is C=CC(C)(CCC=C(C)C)C(C(=O)O)c1ccccc1. The first-order valence-corrected chi connectivity index (χ1v) is 6.95. The van der Waals surface area contributed by atoms with Gasteiger partial charge in [0, 0.05) is 5.41 Å². The summed E-state index contributed by atoms with van der Waals surface area (Å²) in [6.45, 7) is 9.96. The van der Waals surface area contributed by atoms with Crippen LogP contribution in [0, 0.1) is 5.41 Å². The lowest BCUT2D eigenvalue weighted by molar-refractivity contribution is -0.141. The zero-order valence-electron chi connectivity index (χ0n) is 12.6. The van der Waals surface area contributed by atoms with Gasteiger partial charge in [0.15, 0.2) is 0 Å². The van der Waals surface area contributed by atoms with Gasteiger partial charge in [0.2, 0.25) is 0 Å². The van der Waals surface area contributed by atoms with Crippen molar-refractivity contribution in [3.8, 4) is 0 Å². The van der Waals surface area contributed by atoms with Crippen LogP contribution in [0.5, 0.6) is 0 Å². The maximum absolute atomic E-state index is 11.7. The molecule has 0 amide bonds. The van der Waals surface area contributed by atoms with E-state index in [0.717, 1.165) is 18.4 Å². The second kappa shape index (κ2) is 7.09. The maximum Gasteiger partial charge on any atom is 0.311 e. The molecule has 2 nitrogen and oxygen atoms in total. The topological polar surface area (TPSA) is 37.3 Å². The van der Waals surface area contributed by atoms with Crippen LogP contribution in [0.3, 0.4) is 0 Å². The molecular weight excluding hydrogens is 248 g/mol. The maximum atomic E-state index is 11.7. The van der Waals surface area contributed by atoms with Crippen molar-refractivity contribution >= 4 is 5.97 Å². The number of aliphatic carboxylic acids is 1. The van der Waals surface area contributed by atoms with Crippen molar-refractivity contribution in [1.82, 2.24) is 0 Å². The molecule has 0 saturated heterocycles. The molecule has 0 fully saturated rings. The molecule has 1 rings (SSSR count). The van der Waals surface area contributed by atoms with Crippen LogP contribution in [-0.2, 0) is 4.79 Å². The summed E-state index contributed by atoms with van der Waals surface area (Å²) >= 11 is 0. The van der Waals surface area contributed by atoms with E-state index in [4.69, 9.17) is 0 Å². The number of carboxylic acids is 1. The summed E-state index contributed by atoms with van der Waals surface area (Å²) in [4.78, 5) is 11.7. The molecule has 0 aliphatic rings. The van der Waals surface area contributed by atoms with E-state index in [1.165, 1.54) is 5.57 Å². The van der Waals surface area contributed by atoms with Crippen LogP contribution in [0.1, 0.15) is 45.1 Å². The van der Waals surface area contributed by atoms with Gasteiger partial charge in [0.25, 0.3) is 0 Å². The summed E-state index contributed by atoms with van der Waals surface area (Å²) < 4.78 is 0. The van der Waals surface area contributed by atoms with Crippen LogP contribution in [0.15, 0.2) is 54.6 Å². The average Bonchev–Trinajstić information content (AvgIpc) is 2.39. The first kappa shape index (κ1) is 16.2. The van der Waals surface area contributed by atoms with Crippen LogP contribution in [0.25, 0.3) is 0 Å². The van der Waals surface area contributed by atoms with Crippen molar-refractivity contribution in [1.29, 1.82) is 0 Å². The lowest BCUT2D eigenvalue weighted by Crippen LogP contribution is -2.29. The highest BCUT2D eigenvalue weighted by atomic mass is 16.4.